The molecule has 1 aliphatic heterocycles. The number of hydrogen-bond donors (Lipinski definition) is 2. The predicted molar refractivity (Wildman–Crippen MR) is 66.5 cm³/mol. The van der Waals surface area contributed by atoms with Gasteiger partial charge in [-0.3, -0.25) is 0 Å². The Bertz CT molecular complexity index is 480. The van der Waals surface area contributed by atoms with Crippen LogP contribution in [0.15, 0.2) is 23.0 Å². The Morgan fingerprint density at radius 3 is 3.31 bits per heavy atom. The summed E-state index contributed by atoms with van der Waals surface area (Å²) >= 11 is 1.68. The largest absolute Gasteiger partial charge is 0.341 e. The van der Waals surface area contributed by atoms with E-state index in [1.807, 2.05) is 6.20 Å². The molecule has 1 unspecified atom stereocenters. The van der Waals surface area contributed by atoms with E-state index in [-0.39, 0.29) is 6.04 Å². The van der Waals surface area contributed by atoms with Gasteiger partial charge in [0.1, 0.15) is 7.24 Å². The molecule has 3 heterocycles. The number of nitrogens with zero attached hydrogens (tertiary/aromatic N) is 1. The van der Waals surface area contributed by atoms with E-state index in [1.54, 1.807) is 16.6 Å². The van der Waals surface area contributed by atoms with Gasteiger partial charge in [-0.15, -0.1) is 0 Å². The molecule has 3 rings (SSSR count). The number of nitrogens with one attached hydrogen (secondary N) is 2. The van der Waals surface area contributed by atoms with Crippen LogP contribution in [0.1, 0.15) is 31.1 Å². The van der Waals surface area contributed by atoms with E-state index >= 15 is 0 Å². The first-order chi connectivity index (χ1) is 8.34. The number of H-pyrrole nitrogens is 1. The van der Waals surface area contributed by atoms with Gasteiger partial charge < -0.3 is 10.3 Å². The minimum Gasteiger partial charge on any atom is -0.341 e. The molecule has 0 aromatic carbocycles. The van der Waals surface area contributed by atoms with Crippen molar-refractivity contribution >= 4 is 11.3 Å². The second-order valence-electron chi connectivity index (χ2n) is 4.11. The quantitative estimate of drug-likeness (QED) is 0.838. The van der Waals surface area contributed by atoms with Gasteiger partial charge in [-0.25, -0.2) is 4.98 Å². The Kier molecular flexibility index (Phi) is 2.46. The van der Waals surface area contributed by atoms with Crippen LogP contribution in [0.5, 0.6) is 0 Å². The van der Waals surface area contributed by atoms with E-state index in [1.165, 1.54) is 12.0 Å². The standard InChI is InChI=1S/C12H15N3S/c1-2-5-13-10(3-1)12-14-7-11(15-12)9-4-6-16-8-9/h4,6-8,10,13H,1-3,5H2,(H,14,15)/i/hD. The van der Waals surface area contributed by atoms with E-state index < -0.39 is 0 Å². The third-order valence-corrected chi connectivity index (χ3v) is 3.66. The summed E-state index contributed by atoms with van der Waals surface area (Å²) in [6.45, 7) is 0.846. The molecule has 0 aliphatic carbocycles. The van der Waals surface area contributed by atoms with Crippen LogP contribution < -0.4 is 5.31 Å². The molecule has 16 heavy (non-hydrogen) atoms. The van der Waals surface area contributed by atoms with Crippen molar-refractivity contribution in [3.05, 3.63) is 28.8 Å². The Hall–Kier alpha value is -1.13. The number of aromatic nitrogens is 2. The van der Waals surface area contributed by atoms with Crippen LogP contribution in [-0.4, -0.2) is 16.5 Å². The lowest BCUT2D eigenvalue weighted by Gasteiger charge is -2.21. The van der Waals surface area contributed by atoms with Gasteiger partial charge in [-0.05, 0) is 30.8 Å². The fourth-order valence-corrected chi connectivity index (χ4v) is 2.74. The molecule has 2 aromatic rings. The number of piperidine rings is 1. The third-order valence-electron chi connectivity index (χ3n) is 2.98. The van der Waals surface area contributed by atoms with Gasteiger partial charge in [0.15, 0.2) is 0 Å². The minimum absolute atomic E-state index is 0.135. The van der Waals surface area contributed by atoms with Crippen LogP contribution in [0.2, 0.25) is 1.41 Å². The van der Waals surface area contributed by atoms with E-state index in [9.17, 15) is 0 Å². The number of rotatable bonds is 2. The van der Waals surface area contributed by atoms with E-state index in [0.29, 0.717) is 0 Å². The normalized spacial score (nSPS) is 23.2. The monoisotopic (exact) mass is 234 g/mol. The molecular weight excluding hydrogens is 218 g/mol. The number of thiophene rings is 1. The minimum atomic E-state index is 0.135. The van der Waals surface area contributed by atoms with Crippen molar-refractivity contribution in [1.82, 2.24) is 15.3 Å². The molecule has 2 aromatic heterocycles. The molecule has 0 bridgehead atoms. The number of hydrogen-bond acceptors (Lipinski definition) is 3. The molecule has 0 spiro atoms. The SMILES string of the molecule is [2H]N1CCCCC1c1ncc(-c2ccsc2)[nH]1. The zero-order valence-corrected chi connectivity index (χ0v) is 9.83. The zero-order valence-electron chi connectivity index (χ0n) is 10.0. The van der Waals surface area contributed by atoms with Crippen molar-refractivity contribution in [2.75, 3.05) is 6.54 Å². The highest BCUT2D eigenvalue weighted by Gasteiger charge is 2.17. The maximum atomic E-state index is 7.93. The first-order valence-corrected chi connectivity index (χ1v) is 6.62. The fourth-order valence-electron chi connectivity index (χ4n) is 2.08. The van der Waals surface area contributed by atoms with Crippen molar-refractivity contribution < 1.29 is 1.41 Å². The molecule has 1 atom stereocenters. The van der Waals surface area contributed by atoms with Gasteiger partial charge in [0.05, 0.1) is 17.9 Å². The molecule has 1 aliphatic rings. The van der Waals surface area contributed by atoms with Crippen molar-refractivity contribution in [1.29, 1.82) is 0 Å². The topological polar surface area (TPSA) is 40.7 Å². The molecule has 1 fully saturated rings. The number of aromatic amines is 1. The summed E-state index contributed by atoms with van der Waals surface area (Å²) < 4.78 is 7.93. The van der Waals surface area contributed by atoms with Crippen molar-refractivity contribution in [2.45, 2.75) is 25.3 Å². The van der Waals surface area contributed by atoms with E-state index in [0.717, 1.165) is 30.9 Å². The lowest BCUT2D eigenvalue weighted by atomic mass is 10.0. The Morgan fingerprint density at radius 2 is 2.50 bits per heavy atom. The lowest BCUT2D eigenvalue weighted by Crippen LogP contribution is -2.27. The van der Waals surface area contributed by atoms with Gasteiger partial charge >= 0.3 is 0 Å². The van der Waals surface area contributed by atoms with Crippen molar-refractivity contribution in [2.24, 2.45) is 0 Å². The van der Waals surface area contributed by atoms with E-state index in [4.69, 9.17) is 1.41 Å². The molecule has 3 nitrogen and oxygen atoms in total. The van der Waals surface area contributed by atoms with Gasteiger partial charge in [0, 0.05) is 10.9 Å². The van der Waals surface area contributed by atoms with Crippen LogP contribution in [0, 0.1) is 0 Å². The van der Waals surface area contributed by atoms with Crippen LogP contribution in [0.3, 0.4) is 0 Å². The fraction of sp³-hybridized carbons (Fsp3) is 0.417. The second-order valence-corrected chi connectivity index (χ2v) is 4.89. The summed E-state index contributed by atoms with van der Waals surface area (Å²) in [5.74, 6) is 0.931. The van der Waals surface area contributed by atoms with E-state index in [2.05, 4.69) is 26.8 Å². The smallest absolute Gasteiger partial charge is 0.123 e. The van der Waals surface area contributed by atoms with Crippen LogP contribution >= 0.6 is 11.3 Å². The summed E-state index contributed by atoms with van der Waals surface area (Å²) in [5, 5.41) is 5.82. The van der Waals surface area contributed by atoms with Gasteiger partial charge in [0.2, 0.25) is 0 Å². The van der Waals surface area contributed by atoms with Gasteiger partial charge in [-0.1, -0.05) is 6.42 Å². The summed E-state index contributed by atoms with van der Waals surface area (Å²) in [7, 11) is 0. The summed E-state index contributed by atoms with van der Waals surface area (Å²) in [6, 6.07) is 2.22. The summed E-state index contributed by atoms with van der Waals surface area (Å²) in [4.78, 5) is 7.78. The molecular formula is C12H15N3S. The highest BCUT2D eigenvalue weighted by atomic mass is 32.1. The molecule has 0 amide bonds. The van der Waals surface area contributed by atoms with Crippen LogP contribution in [0.25, 0.3) is 11.3 Å². The molecule has 0 radical (unpaired) electrons. The highest BCUT2D eigenvalue weighted by molar-refractivity contribution is 7.08. The van der Waals surface area contributed by atoms with Gasteiger partial charge in [-0.2, -0.15) is 11.3 Å². The molecule has 4 heteroatoms. The first-order valence-electron chi connectivity index (χ1n) is 6.12. The zero-order chi connectivity index (χ0) is 11.7. The summed E-state index contributed by atoms with van der Waals surface area (Å²) in [5.41, 5.74) is 2.24. The van der Waals surface area contributed by atoms with Crippen molar-refractivity contribution in [3.8, 4) is 11.3 Å². The molecule has 2 N–H and O–H groups in total. The molecule has 1 saturated heterocycles. The highest BCUT2D eigenvalue weighted by Crippen LogP contribution is 2.24. The molecule has 84 valence electrons. The lowest BCUT2D eigenvalue weighted by molar-refractivity contribution is 0.399. The molecule has 0 saturated carbocycles. The Morgan fingerprint density at radius 1 is 1.50 bits per heavy atom. The average Bonchev–Trinajstić information content (AvgIpc) is 3.00. The van der Waals surface area contributed by atoms with Gasteiger partial charge in [0.25, 0.3) is 0 Å². The Balaban J connectivity index is 1.84. The van der Waals surface area contributed by atoms with Crippen LogP contribution in [-0.2, 0) is 0 Å². The first kappa shape index (κ1) is 8.96. The predicted octanol–water partition coefficient (Wildman–Crippen LogP) is 2.95. The Labute approximate surface area is 100 Å². The second kappa shape index (κ2) is 4.39. The number of imidazole rings is 1. The average molecular weight is 234 g/mol. The third kappa shape index (κ3) is 1.90. The van der Waals surface area contributed by atoms with Crippen LogP contribution in [0.4, 0.5) is 0 Å². The maximum Gasteiger partial charge on any atom is 0.123 e. The summed E-state index contributed by atoms with van der Waals surface area (Å²) in [6.07, 6.45) is 5.21. The maximum absolute atomic E-state index is 7.93. The van der Waals surface area contributed by atoms with Crippen molar-refractivity contribution in [3.63, 3.8) is 0 Å².